The van der Waals surface area contributed by atoms with E-state index in [2.05, 4.69) is 30.3 Å². The maximum absolute atomic E-state index is 13.7. The van der Waals surface area contributed by atoms with Crippen molar-refractivity contribution in [2.45, 2.75) is 31.3 Å². The molecule has 4 heteroatoms. The second kappa shape index (κ2) is 6.56. The first kappa shape index (κ1) is 17.5. The van der Waals surface area contributed by atoms with Crippen LogP contribution in [0.15, 0.2) is 72.8 Å². The lowest BCUT2D eigenvalue weighted by Crippen LogP contribution is -2.40. The van der Waals surface area contributed by atoms with Crippen LogP contribution in [0.5, 0.6) is 0 Å². The van der Waals surface area contributed by atoms with Crippen molar-refractivity contribution in [3.8, 4) is 11.1 Å². The van der Waals surface area contributed by atoms with Gasteiger partial charge in [-0.2, -0.15) is 0 Å². The smallest absolute Gasteiger partial charge is 0.259 e. The van der Waals surface area contributed by atoms with Crippen LogP contribution in [0.25, 0.3) is 11.1 Å². The van der Waals surface area contributed by atoms with Crippen molar-refractivity contribution in [1.82, 2.24) is 4.90 Å². The summed E-state index contributed by atoms with van der Waals surface area (Å²) in [7, 11) is 0. The van der Waals surface area contributed by atoms with E-state index >= 15 is 0 Å². The molecule has 6 rings (SSSR count). The fourth-order valence-corrected chi connectivity index (χ4v) is 5.48. The lowest BCUT2D eigenvalue weighted by atomic mass is 9.87. The predicted molar refractivity (Wildman–Crippen MR) is 116 cm³/mol. The van der Waals surface area contributed by atoms with Crippen LogP contribution in [0.3, 0.4) is 0 Å². The number of likely N-dealkylation sites (tertiary alicyclic amines) is 1. The van der Waals surface area contributed by atoms with Crippen molar-refractivity contribution < 1.29 is 9.59 Å². The number of rotatable bonds is 2. The van der Waals surface area contributed by atoms with Crippen LogP contribution in [0.4, 0.5) is 5.69 Å². The van der Waals surface area contributed by atoms with Gasteiger partial charge in [0.1, 0.15) is 0 Å². The summed E-state index contributed by atoms with van der Waals surface area (Å²) in [6.07, 6.45) is 2.29. The van der Waals surface area contributed by atoms with Crippen LogP contribution in [0.1, 0.15) is 52.8 Å². The molecule has 4 nitrogen and oxygen atoms in total. The van der Waals surface area contributed by atoms with Crippen LogP contribution in [-0.2, 0) is 4.79 Å². The van der Waals surface area contributed by atoms with Gasteiger partial charge in [-0.3, -0.25) is 9.59 Å². The number of carbonyl (C=O) groups excluding carboxylic acids is 2. The van der Waals surface area contributed by atoms with E-state index in [9.17, 15) is 9.59 Å². The lowest BCUT2D eigenvalue weighted by molar-refractivity contribution is -0.130. The second-order valence-electron chi connectivity index (χ2n) is 8.33. The monoisotopic (exact) mass is 394 g/mol. The Morgan fingerprint density at radius 2 is 1.53 bits per heavy atom. The summed E-state index contributed by atoms with van der Waals surface area (Å²) in [6.45, 7) is 0.801. The molecule has 0 spiro atoms. The third-order valence-corrected chi connectivity index (χ3v) is 6.77. The van der Waals surface area contributed by atoms with E-state index in [0.717, 1.165) is 52.9 Å². The second-order valence-corrected chi connectivity index (χ2v) is 8.33. The third-order valence-electron chi connectivity index (χ3n) is 6.77. The molecule has 0 aromatic heterocycles. The van der Waals surface area contributed by atoms with Crippen molar-refractivity contribution in [3.63, 3.8) is 0 Å². The van der Waals surface area contributed by atoms with Gasteiger partial charge in [-0.05, 0) is 41.2 Å². The van der Waals surface area contributed by atoms with E-state index in [1.165, 1.54) is 0 Å². The number of nitrogens with zero attached hydrogens (tertiary/aromatic N) is 2. The van der Waals surface area contributed by atoms with Crippen molar-refractivity contribution in [3.05, 3.63) is 89.5 Å². The zero-order valence-corrected chi connectivity index (χ0v) is 16.6. The van der Waals surface area contributed by atoms with Crippen LogP contribution < -0.4 is 4.90 Å². The van der Waals surface area contributed by atoms with Crippen LogP contribution in [0.2, 0.25) is 0 Å². The highest BCUT2D eigenvalue weighted by Crippen LogP contribution is 2.52. The first-order chi connectivity index (χ1) is 14.7. The zero-order chi connectivity index (χ0) is 20.2. The molecule has 30 heavy (non-hydrogen) atoms. The summed E-state index contributed by atoms with van der Waals surface area (Å²) in [5.74, 6) is 0.291. The first-order valence-corrected chi connectivity index (χ1v) is 10.6. The maximum atomic E-state index is 13.7. The molecule has 1 saturated heterocycles. The molecule has 0 unspecified atom stereocenters. The third kappa shape index (κ3) is 2.40. The number of carbonyl (C=O) groups is 2. The molecular formula is C26H22N2O2. The van der Waals surface area contributed by atoms with Gasteiger partial charge in [-0.1, -0.05) is 66.7 Å². The summed E-state index contributed by atoms with van der Waals surface area (Å²) in [5, 5.41) is 0. The number of para-hydroxylation sites is 1. The largest absolute Gasteiger partial charge is 0.335 e. The van der Waals surface area contributed by atoms with Gasteiger partial charge >= 0.3 is 0 Å². The fraction of sp³-hybridized carbons (Fsp3) is 0.231. The van der Waals surface area contributed by atoms with E-state index in [4.69, 9.17) is 0 Å². The Kier molecular flexibility index (Phi) is 3.82. The molecule has 0 bridgehead atoms. The van der Waals surface area contributed by atoms with E-state index in [-0.39, 0.29) is 23.9 Å². The summed E-state index contributed by atoms with van der Waals surface area (Å²) in [6, 6.07) is 24.4. The van der Waals surface area contributed by atoms with Crippen LogP contribution in [-0.4, -0.2) is 23.3 Å². The number of hydrogen-bond donors (Lipinski definition) is 0. The number of fused-ring (bicyclic) bond motifs is 5. The van der Waals surface area contributed by atoms with Crippen LogP contribution >= 0.6 is 0 Å². The molecule has 3 aromatic carbocycles. The Morgan fingerprint density at radius 3 is 2.33 bits per heavy atom. The average Bonchev–Trinajstić information content (AvgIpc) is 3.35. The first-order valence-electron chi connectivity index (χ1n) is 10.6. The van der Waals surface area contributed by atoms with E-state index in [0.29, 0.717) is 6.42 Å². The summed E-state index contributed by atoms with van der Waals surface area (Å²) >= 11 is 0. The summed E-state index contributed by atoms with van der Waals surface area (Å²) < 4.78 is 0. The highest BCUT2D eigenvalue weighted by Gasteiger charge is 2.47. The van der Waals surface area contributed by atoms with Crippen molar-refractivity contribution in [1.29, 1.82) is 0 Å². The topological polar surface area (TPSA) is 40.6 Å². The van der Waals surface area contributed by atoms with Crippen molar-refractivity contribution in [2.24, 2.45) is 0 Å². The molecule has 2 atom stereocenters. The normalized spacial score (nSPS) is 22.1. The standard InChI is InChI=1S/C26H22N2O2/c29-24-14-7-15-27(24)22-16-23-20-12-6-11-18(17-8-2-1-3-9-17)25(20)26(30)28(23)21-13-5-4-10-19(21)22/h1-6,8-13,22-23H,7,14-16H2/t22-,23-/m0/s1. The Morgan fingerprint density at radius 1 is 0.767 bits per heavy atom. The minimum Gasteiger partial charge on any atom is -0.335 e. The van der Waals surface area contributed by atoms with Gasteiger partial charge in [0.15, 0.2) is 0 Å². The molecular weight excluding hydrogens is 372 g/mol. The molecule has 0 saturated carbocycles. The Hall–Kier alpha value is -3.40. The molecule has 2 amide bonds. The van der Waals surface area contributed by atoms with Gasteiger partial charge in [-0.25, -0.2) is 0 Å². The Bertz CT molecular complexity index is 1170. The minimum atomic E-state index is -0.0375. The van der Waals surface area contributed by atoms with Gasteiger partial charge < -0.3 is 9.80 Å². The van der Waals surface area contributed by atoms with Gasteiger partial charge in [0.2, 0.25) is 5.91 Å². The number of hydrogen-bond acceptors (Lipinski definition) is 2. The van der Waals surface area contributed by atoms with Crippen LogP contribution in [0, 0.1) is 0 Å². The molecule has 3 heterocycles. The molecule has 3 aromatic rings. The van der Waals surface area contributed by atoms with Gasteiger partial charge in [0.25, 0.3) is 5.91 Å². The SMILES string of the molecule is O=C1CCCN1[C@H]1C[C@H]2c3cccc(-c4ccccc4)c3C(=O)N2c2ccccc21. The van der Waals surface area contributed by atoms with Gasteiger partial charge in [0, 0.05) is 18.7 Å². The van der Waals surface area contributed by atoms with Crippen molar-refractivity contribution >= 4 is 17.5 Å². The summed E-state index contributed by atoms with van der Waals surface area (Å²) in [5.41, 5.74) is 5.95. The molecule has 3 aliphatic heterocycles. The zero-order valence-electron chi connectivity index (χ0n) is 16.6. The molecule has 0 radical (unpaired) electrons. The fourth-order valence-electron chi connectivity index (χ4n) is 5.48. The highest BCUT2D eigenvalue weighted by atomic mass is 16.2. The maximum Gasteiger partial charge on any atom is 0.259 e. The molecule has 0 N–H and O–H groups in total. The van der Waals surface area contributed by atoms with E-state index in [1.54, 1.807) is 0 Å². The Balaban J connectivity index is 1.52. The molecule has 0 aliphatic carbocycles. The number of amides is 2. The molecule has 1 fully saturated rings. The van der Waals surface area contributed by atoms with E-state index < -0.39 is 0 Å². The number of benzene rings is 3. The number of anilines is 1. The summed E-state index contributed by atoms with van der Waals surface area (Å²) in [4.78, 5) is 30.3. The van der Waals surface area contributed by atoms with E-state index in [1.807, 2.05) is 52.3 Å². The molecule has 148 valence electrons. The minimum absolute atomic E-state index is 0.0246. The quantitative estimate of drug-likeness (QED) is 0.605. The molecule has 3 aliphatic rings. The Labute approximate surface area is 175 Å². The predicted octanol–water partition coefficient (Wildman–Crippen LogP) is 5.12. The average molecular weight is 394 g/mol. The van der Waals surface area contributed by atoms with Crippen molar-refractivity contribution in [2.75, 3.05) is 11.4 Å². The van der Waals surface area contributed by atoms with Gasteiger partial charge in [-0.15, -0.1) is 0 Å². The lowest BCUT2D eigenvalue weighted by Gasteiger charge is -2.40. The highest BCUT2D eigenvalue weighted by molar-refractivity contribution is 6.15. The van der Waals surface area contributed by atoms with Gasteiger partial charge in [0.05, 0.1) is 17.6 Å².